The van der Waals surface area contributed by atoms with Gasteiger partial charge in [-0.15, -0.1) is 0 Å². The van der Waals surface area contributed by atoms with Crippen LogP contribution >= 0.6 is 0 Å². The van der Waals surface area contributed by atoms with Crippen molar-refractivity contribution in [1.82, 2.24) is 15.1 Å². The third kappa shape index (κ3) is 5.54. The summed E-state index contributed by atoms with van der Waals surface area (Å²) < 4.78 is 1.94. The molecule has 4 nitrogen and oxygen atoms in total. The molecular weight excluding hydrogens is 454 g/mol. The van der Waals surface area contributed by atoms with Crippen LogP contribution in [0.15, 0.2) is 121 Å². The minimum atomic E-state index is -0.172. The summed E-state index contributed by atoms with van der Waals surface area (Å²) in [6, 6.07) is 40.4. The number of aromatic nitrogens is 2. The molecule has 184 valence electrons. The van der Waals surface area contributed by atoms with Crippen molar-refractivity contribution in [3.05, 3.63) is 144 Å². The number of para-hydroxylation sites is 1. The topological polar surface area (TPSA) is 46.9 Å². The Balaban J connectivity index is 1.60. The zero-order valence-electron chi connectivity index (χ0n) is 21.0. The van der Waals surface area contributed by atoms with E-state index in [-0.39, 0.29) is 11.9 Å². The molecule has 1 heterocycles. The number of hydrogen-bond acceptors (Lipinski definition) is 2. The van der Waals surface area contributed by atoms with Crippen molar-refractivity contribution in [3.8, 4) is 16.9 Å². The molecule has 5 aromatic rings. The van der Waals surface area contributed by atoms with Gasteiger partial charge in [0, 0.05) is 5.56 Å². The van der Waals surface area contributed by atoms with Gasteiger partial charge in [-0.2, -0.15) is 5.10 Å². The molecule has 0 fully saturated rings. The third-order valence-corrected chi connectivity index (χ3v) is 6.53. The SMILES string of the molecule is CCCc1c(C(=O)NC(Cc2ccccc2)c2ccccc2)c(-c2ccccc2)nn1-c1ccccc1. The monoisotopic (exact) mass is 485 g/mol. The molecule has 1 aromatic heterocycles. The fourth-order valence-electron chi connectivity index (χ4n) is 4.76. The molecule has 1 N–H and O–H groups in total. The molecule has 0 bridgehead atoms. The maximum Gasteiger partial charge on any atom is 0.255 e. The minimum absolute atomic E-state index is 0.103. The summed E-state index contributed by atoms with van der Waals surface area (Å²) in [5, 5.41) is 8.39. The van der Waals surface area contributed by atoms with Gasteiger partial charge in [0.05, 0.1) is 23.0 Å². The Morgan fingerprint density at radius 3 is 1.97 bits per heavy atom. The maximum atomic E-state index is 14.2. The average molecular weight is 486 g/mol. The van der Waals surface area contributed by atoms with E-state index >= 15 is 0 Å². The van der Waals surface area contributed by atoms with Gasteiger partial charge in [-0.3, -0.25) is 4.79 Å². The molecule has 0 saturated carbocycles. The molecule has 4 aromatic carbocycles. The first-order valence-corrected chi connectivity index (χ1v) is 12.9. The first-order chi connectivity index (χ1) is 18.2. The molecule has 1 unspecified atom stereocenters. The lowest BCUT2D eigenvalue weighted by atomic mass is 9.97. The van der Waals surface area contributed by atoms with E-state index in [0.29, 0.717) is 17.7 Å². The lowest BCUT2D eigenvalue weighted by Gasteiger charge is -2.20. The summed E-state index contributed by atoms with van der Waals surface area (Å²) >= 11 is 0. The van der Waals surface area contributed by atoms with Gasteiger partial charge in [0.1, 0.15) is 5.69 Å². The highest BCUT2D eigenvalue weighted by Crippen LogP contribution is 2.30. The highest BCUT2D eigenvalue weighted by molar-refractivity contribution is 6.01. The number of nitrogens with one attached hydrogen (secondary N) is 1. The van der Waals surface area contributed by atoms with E-state index < -0.39 is 0 Å². The Kier molecular flexibility index (Phi) is 7.56. The Labute approximate surface area is 218 Å². The number of rotatable bonds is 9. The van der Waals surface area contributed by atoms with Crippen molar-refractivity contribution in [2.45, 2.75) is 32.2 Å². The maximum absolute atomic E-state index is 14.2. The first kappa shape index (κ1) is 24.3. The molecule has 37 heavy (non-hydrogen) atoms. The van der Waals surface area contributed by atoms with Gasteiger partial charge >= 0.3 is 0 Å². The number of amides is 1. The molecule has 5 rings (SSSR count). The largest absolute Gasteiger partial charge is 0.345 e. The van der Waals surface area contributed by atoms with Crippen molar-refractivity contribution in [1.29, 1.82) is 0 Å². The highest BCUT2D eigenvalue weighted by atomic mass is 16.1. The predicted octanol–water partition coefficient (Wildman–Crippen LogP) is 7.21. The smallest absolute Gasteiger partial charge is 0.255 e. The summed E-state index contributed by atoms with van der Waals surface area (Å²) in [5.74, 6) is -0.103. The highest BCUT2D eigenvalue weighted by Gasteiger charge is 2.27. The Hall–Kier alpha value is -4.44. The van der Waals surface area contributed by atoms with Crippen molar-refractivity contribution < 1.29 is 4.79 Å². The third-order valence-electron chi connectivity index (χ3n) is 6.53. The van der Waals surface area contributed by atoms with E-state index in [4.69, 9.17) is 5.10 Å². The average Bonchev–Trinajstić information content (AvgIpc) is 3.34. The zero-order valence-corrected chi connectivity index (χ0v) is 21.0. The second kappa shape index (κ2) is 11.5. The van der Waals surface area contributed by atoms with Crippen LogP contribution in [0.25, 0.3) is 16.9 Å². The van der Waals surface area contributed by atoms with Gasteiger partial charge in [0.15, 0.2) is 0 Å². The van der Waals surface area contributed by atoms with E-state index in [0.717, 1.165) is 35.3 Å². The molecule has 0 radical (unpaired) electrons. The fourth-order valence-corrected chi connectivity index (χ4v) is 4.76. The number of hydrogen-bond donors (Lipinski definition) is 1. The van der Waals surface area contributed by atoms with E-state index in [1.807, 2.05) is 102 Å². The number of nitrogens with zero attached hydrogens (tertiary/aromatic N) is 2. The van der Waals surface area contributed by atoms with Crippen LogP contribution in [0.2, 0.25) is 0 Å². The minimum Gasteiger partial charge on any atom is -0.345 e. The van der Waals surface area contributed by atoms with Crippen molar-refractivity contribution in [2.75, 3.05) is 0 Å². The summed E-state index contributed by atoms with van der Waals surface area (Å²) in [4.78, 5) is 14.2. The van der Waals surface area contributed by atoms with Gasteiger partial charge in [0.2, 0.25) is 0 Å². The molecule has 4 heteroatoms. The van der Waals surface area contributed by atoms with Crippen LogP contribution < -0.4 is 5.32 Å². The van der Waals surface area contributed by atoms with Crippen LogP contribution in [0, 0.1) is 0 Å². The summed E-state index contributed by atoms with van der Waals surface area (Å²) in [5.41, 5.74) is 6.41. The van der Waals surface area contributed by atoms with Crippen molar-refractivity contribution in [2.24, 2.45) is 0 Å². The molecular formula is C33H31N3O. The Morgan fingerprint density at radius 2 is 1.35 bits per heavy atom. The van der Waals surface area contributed by atoms with E-state index in [1.54, 1.807) is 0 Å². The lowest BCUT2D eigenvalue weighted by Crippen LogP contribution is -2.31. The van der Waals surface area contributed by atoms with Gasteiger partial charge in [-0.05, 0) is 36.1 Å². The molecule has 0 saturated heterocycles. The van der Waals surface area contributed by atoms with Crippen LogP contribution in [-0.2, 0) is 12.8 Å². The predicted molar refractivity (Wildman–Crippen MR) is 150 cm³/mol. The van der Waals surface area contributed by atoms with Gasteiger partial charge in [0.25, 0.3) is 5.91 Å². The molecule has 0 aliphatic rings. The standard InChI is InChI=1S/C33H31N3O/c1-2-15-30-31(32(27-20-11-5-12-21-27)35-36(30)28-22-13-6-14-23-28)33(37)34-29(26-18-9-4-10-19-26)24-25-16-7-3-8-17-25/h3-14,16-23,29H,2,15,24H2,1H3,(H,34,37). The normalized spacial score (nSPS) is 11.7. The second-order valence-corrected chi connectivity index (χ2v) is 9.16. The van der Waals surface area contributed by atoms with Crippen LogP contribution in [0.1, 0.15) is 46.6 Å². The van der Waals surface area contributed by atoms with Crippen LogP contribution in [-0.4, -0.2) is 15.7 Å². The van der Waals surface area contributed by atoms with Gasteiger partial charge in [-0.25, -0.2) is 4.68 Å². The molecule has 1 amide bonds. The molecule has 0 aliphatic carbocycles. The molecule has 0 aliphatic heterocycles. The number of carbonyl (C=O) groups is 1. The lowest BCUT2D eigenvalue weighted by molar-refractivity contribution is 0.0936. The quantitative estimate of drug-likeness (QED) is 0.240. The van der Waals surface area contributed by atoms with Gasteiger partial charge < -0.3 is 5.32 Å². The van der Waals surface area contributed by atoms with Crippen LogP contribution in [0.5, 0.6) is 0 Å². The van der Waals surface area contributed by atoms with Crippen molar-refractivity contribution >= 4 is 5.91 Å². The van der Waals surface area contributed by atoms with E-state index in [2.05, 4.69) is 36.5 Å². The fraction of sp³-hybridized carbons (Fsp3) is 0.152. The van der Waals surface area contributed by atoms with E-state index in [9.17, 15) is 4.79 Å². The molecule has 1 atom stereocenters. The molecule has 0 spiro atoms. The van der Waals surface area contributed by atoms with Crippen LogP contribution in [0.4, 0.5) is 0 Å². The summed E-state index contributed by atoms with van der Waals surface area (Å²) in [6.07, 6.45) is 2.35. The summed E-state index contributed by atoms with van der Waals surface area (Å²) in [6.45, 7) is 2.13. The Morgan fingerprint density at radius 1 is 0.784 bits per heavy atom. The first-order valence-electron chi connectivity index (χ1n) is 12.9. The second-order valence-electron chi connectivity index (χ2n) is 9.16. The zero-order chi connectivity index (χ0) is 25.5. The van der Waals surface area contributed by atoms with E-state index in [1.165, 1.54) is 5.56 Å². The van der Waals surface area contributed by atoms with Crippen LogP contribution in [0.3, 0.4) is 0 Å². The number of benzene rings is 4. The Bertz CT molecular complexity index is 1430. The number of carbonyl (C=O) groups excluding carboxylic acids is 1. The van der Waals surface area contributed by atoms with Gasteiger partial charge in [-0.1, -0.05) is 123 Å². The summed E-state index contributed by atoms with van der Waals surface area (Å²) in [7, 11) is 0. The van der Waals surface area contributed by atoms with Crippen molar-refractivity contribution in [3.63, 3.8) is 0 Å².